The van der Waals surface area contributed by atoms with Crippen LogP contribution in [0.5, 0.6) is 0 Å². The predicted molar refractivity (Wildman–Crippen MR) is 120 cm³/mol. The van der Waals surface area contributed by atoms with Gasteiger partial charge in [-0.2, -0.15) is 0 Å². The molecule has 0 bridgehead atoms. The summed E-state index contributed by atoms with van der Waals surface area (Å²) in [5.41, 5.74) is 1.45. The van der Waals surface area contributed by atoms with Crippen LogP contribution < -0.4 is 10.0 Å². The molecule has 0 heterocycles. The van der Waals surface area contributed by atoms with Crippen LogP contribution in [0.15, 0.2) is 58.3 Å². The highest BCUT2D eigenvalue weighted by molar-refractivity contribution is 7.98. The first-order valence-corrected chi connectivity index (χ1v) is 12.3. The number of hydrogen-bond donors (Lipinski definition) is 2. The van der Waals surface area contributed by atoms with Gasteiger partial charge < -0.3 is 5.32 Å². The van der Waals surface area contributed by atoms with Crippen LogP contribution in [0.1, 0.15) is 51.3 Å². The highest BCUT2D eigenvalue weighted by atomic mass is 32.2. The average Bonchev–Trinajstić information content (AvgIpc) is 2.65. The number of benzene rings is 2. The van der Waals surface area contributed by atoms with Crippen molar-refractivity contribution in [1.82, 2.24) is 10.0 Å². The van der Waals surface area contributed by atoms with Gasteiger partial charge in [-0.05, 0) is 75.8 Å². The lowest BCUT2D eigenvalue weighted by molar-refractivity contribution is -0.121. The number of nitrogens with one attached hydrogen (secondary N) is 2. The van der Waals surface area contributed by atoms with Gasteiger partial charge >= 0.3 is 0 Å². The van der Waals surface area contributed by atoms with Crippen LogP contribution in [-0.2, 0) is 21.2 Å². The Morgan fingerprint density at radius 3 is 2.14 bits per heavy atom. The molecule has 0 fully saturated rings. The number of carbonyl (C=O) groups excluding carboxylic acids is 1. The van der Waals surface area contributed by atoms with Crippen molar-refractivity contribution in [2.75, 3.05) is 6.26 Å². The summed E-state index contributed by atoms with van der Waals surface area (Å²) < 4.78 is 27.3. The standard InChI is InChI=1S/C22H30N2O3S2/c1-16(18-9-11-19(28-5)12-10-18)23-21(25)15-8-17-6-13-20(14-7-17)29(26,27)24-22(2,3)4/h6-7,9-14,16,24H,8,15H2,1-5H3,(H,23,25). The molecule has 158 valence electrons. The largest absolute Gasteiger partial charge is 0.350 e. The molecule has 0 spiro atoms. The van der Waals surface area contributed by atoms with Gasteiger partial charge in [-0.3, -0.25) is 4.79 Å². The van der Waals surface area contributed by atoms with Crippen LogP contribution in [0, 0.1) is 0 Å². The summed E-state index contributed by atoms with van der Waals surface area (Å²) in [5, 5.41) is 3.01. The van der Waals surface area contributed by atoms with E-state index < -0.39 is 15.6 Å². The summed E-state index contributed by atoms with van der Waals surface area (Å²) in [4.78, 5) is 13.7. The lowest BCUT2D eigenvalue weighted by Gasteiger charge is -2.20. The molecule has 7 heteroatoms. The molecule has 5 nitrogen and oxygen atoms in total. The van der Waals surface area contributed by atoms with Gasteiger partial charge in [0.1, 0.15) is 0 Å². The number of rotatable bonds is 8. The van der Waals surface area contributed by atoms with Crippen molar-refractivity contribution in [2.45, 2.75) is 61.9 Å². The molecule has 2 aromatic rings. The fraction of sp³-hybridized carbons (Fsp3) is 0.409. The first kappa shape index (κ1) is 23.4. The highest BCUT2D eigenvalue weighted by Crippen LogP contribution is 2.19. The smallest absolute Gasteiger partial charge is 0.241 e. The Morgan fingerprint density at radius 1 is 1.03 bits per heavy atom. The Labute approximate surface area is 178 Å². The maximum atomic E-state index is 12.3. The van der Waals surface area contributed by atoms with Gasteiger partial charge in [-0.1, -0.05) is 24.3 Å². The maximum Gasteiger partial charge on any atom is 0.241 e. The van der Waals surface area contributed by atoms with E-state index in [9.17, 15) is 13.2 Å². The molecule has 2 aromatic carbocycles. The van der Waals surface area contributed by atoms with E-state index in [-0.39, 0.29) is 16.8 Å². The Balaban J connectivity index is 1.89. The van der Waals surface area contributed by atoms with Crippen molar-refractivity contribution in [2.24, 2.45) is 0 Å². The summed E-state index contributed by atoms with van der Waals surface area (Å²) in [6.07, 6.45) is 2.93. The molecule has 1 atom stereocenters. The minimum absolute atomic E-state index is 0.0301. The van der Waals surface area contributed by atoms with E-state index >= 15 is 0 Å². The molecule has 1 unspecified atom stereocenters. The van der Waals surface area contributed by atoms with Crippen LogP contribution in [0.2, 0.25) is 0 Å². The van der Waals surface area contributed by atoms with Gasteiger partial charge in [0.05, 0.1) is 10.9 Å². The molecule has 1 amide bonds. The van der Waals surface area contributed by atoms with Gasteiger partial charge in [0.2, 0.25) is 15.9 Å². The fourth-order valence-electron chi connectivity index (χ4n) is 2.84. The average molecular weight is 435 g/mol. The van der Waals surface area contributed by atoms with Crippen LogP contribution in [0.4, 0.5) is 0 Å². The molecule has 0 aliphatic carbocycles. The second kappa shape index (κ2) is 9.78. The zero-order chi connectivity index (χ0) is 21.7. The zero-order valence-corrected chi connectivity index (χ0v) is 19.3. The first-order chi connectivity index (χ1) is 13.5. The topological polar surface area (TPSA) is 75.3 Å². The van der Waals surface area contributed by atoms with E-state index in [1.807, 2.05) is 37.4 Å². The second-order valence-electron chi connectivity index (χ2n) is 8.06. The number of carbonyl (C=O) groups is 1. The SMILES string of the molecule is CSc1ccc(C(C)NC(=O)CCc2ccc(S(=O)(=O)NC(C)(C)C)cc2)cc1. The molecule has 2 rings (SSSR count). The minimum Gasteiger partial charge on any atom is -0.350 e. The van der Waals surface area contributed by atoms with E-state index in [1.165, 1.54) is 4.90 Å². The van der Waals surface area contributed by atoms with E-state index in [2.05, 4.69) is 10.0 Å². The zero-order valence-electron chi connectivity index (χ0n) is 17.7. The molecule has 0 aromatic heterocycles. The number of thioether (sulfide) groups is 1. The minimum atomic E-state index is -3.55. The normalized spacial score (nSPS) is 13.1. The van der Waals surface area contributed by atoms with Crippen LogP contribution in [-0.4, -0.2) is 26.1 Å². The van der Waals surface area contributed by atoms with Gasteiger partial charge in [0, 0.05) is 16.9 Å². The monoisotopic (exact) mass is 434 g/mol. The highest BCUT2D eigenvalue weighted by Gasteiger charge is 2.21. The van der Waals surface area contributed by atoms with E-state index in [0.717, 1.165) is 11.1 Å². The Morgan fingerprint density at radius 2 is 1.62 bits per heavy atom. The van der Waals surface area contributed by atoms with Crippen LogP contribution >= 0.6 is 11.8 Å². The number of sulfonamides is 1. The predicted octanol–water partition coefficient (Wildman–Crippen LogP) is 4.30. The molecule has 0 radical (unpaired) electrons. The van der Waals surface area contributed by atoms with E-state index in [1.54, 1.807) is 56.8 Å². The molecule has 0 saturated heterocycles. The maximum absolute atomic E-state index is 12.3. The molecule has 29 heavy (non-hydrogen) atoms. The first-order valence-electron chi connectivity index (χ1n) is 9.56. The van der Waals surface area contributed by atoms with Crippen LogP contribution in [0.25, 0.3) is 0 Å². The van der Waals surface area contributed by atoms with Crippen molar-refractivity contribution in [3.05, 3.63) is 59.7 Å². The third-order valence-electron chi connectivity index (χ3n) is 4.31. The Bertz CT molecular complexity index is 916. The number of hydrogen-bond acceptors (Lipinski definition) is 4. The molecular weight excluding hydrogens is 404 g/mol. The summed E-state index contributed by atoms with van der Waals surface area (Å²) in [7, 11) is -3.55. The lowest BCUT2D eigenvalue weighted by Crippen LogP contribution is -2.40. The van der Waals surface area contributed by atoms with Crippen molar-refractivity contribution in [1.29, 1.82) is 0 Å². The number of amides is 1. The molecule has 0 saturated carbocycles. The third kappa shape index (κ3) is 7.49. The summed E-state index contributed by atoms with van der Waals surface area (Å²) in [6.45, 7) is 7.37. The van der Waals surface area contributed by atoms with Crippen molar-refractivity contribution < 1.29 is 13.2 Å². The second-order valence-corrected chi connectivity index (χ2v) is 10.6. The third-order valence-corrected chi connectivity index (χ3v) is 6.83. The molecule has 0 aliphatic rings. The molecule has 2 N–H and O–H groups in total. The van der Waals surface area contributed by atoms with Gasteiger partial charge in [0.25, 0.3) is 0 Å². The van der Waals surface area contributed by atoms with Crippen molar-refractivity contribution >= 4 is 27.7 Å². The Kier molecular flexibility index (Phi) is 7.91. The quantitative estimate of drug-likeness (QED) is 0.608. The fourth-order valence-corrected chi connectivity index (χ4v) is 4.67. The van der Waals surface area contributed by atoms with Crippen molar-refractivity contribution in [3.63, 3.8) is 0 Å². The van der Waals surface area contributed by atoms with Gasteiger partial charge in [-0.15, -0.1) is 11.8 Å². The van der Waals surface area contributed by atoms with Crippen LogP contribution in [0.3, 0.4) is 0 Å². The van der Waals surface area contributed by atoms with E-state index in [0.29, 0.717) is 12.8 Å². The molecular formula is C22H30N2O3S2. The van der Waals surface area contributed by atoms with Gasteiger partial charge in [0.15, 0.2) is 0 Å². The van der Waals surface area contributed by atoms with Crippen molar-refractivity contribution in [3.8, 4) is 0 Å². The van der Waals surface area contributed by atoms with Gasteiger partial charge in [-0.25, -0.2) is 13.1 Å². The summed E-state index contributed by atoms with van der Waals surface area (Å²) >= 11 is 1.68. The van der Waals surface area contributed by atoms with E-state index in [4.69, 9.17) is 0 Å². The Hall–Kier alpha value is -1.83. The number of aryl methyl sites for hydroxylation is 1. The molecule has 0 aliphatic heterocycles. The summed E-state index contributed by atoms with van der Waals surface area (Å²) in [6, 6.07) is 14.8. The summed E-state index contributed by atoms with van der Waals surface area (Å²) in [5.74, 6) is -0.0301. The lowest BCUT2D eigenvalue weighted by atomic mass is 10.1.